The average molecular weight is 419 g/mol. The number of hydrogen-bond donors (Lipinski definition) is 0. The molecule has 0 radical (unpaired) electrons. The zero-order valence-corrected chi connectivity index (χ0v) is 17.8. The highest BCUT2D eigenvalue weighted by Gasteiger charge is 2.34. The van der Waals surface area contributed by atoms with E-state index in [0.717, 1.165) is 12.8 Å². The first-order valence-electron chi connectivity index (χ1n) is 10.8. The number of amides is 2. The number of esters is 1. The second-order valence-electron chi connectivity index (χ2n) is 8.36. The number of likely N-dealkylation sites (tertiary alicyclic amines) is 2. The van der Waals surface area contributed by atoms with E-state index in [-0.39, 0.29) is 41.4 Å². The molecule has 2 aliphatic heterocycles. The summed E-state index contributed by atoms with van der Waals surface area (Å²) >= 11 is 0. The Morgan fingerprint density at radius 1 is 1.00 bits per heavy atom. The van der Waals surface area contributed by atoms with Crippen LogP contribution < -0.4 is 0 Å². The summed E-state index contributed by atoms with van der Waals surface area (Å²) < 4.78 is 17.9. The van der Waals surface area contributed by atoms with Crippen LogP contribution in [0.4, 0.5) is 4.39 Å². The number of carbonyl (C=O) groups excluding carboxylic acids is 3. The number of nitrogens with zero attached hydrogens (tertiary/aromatic N) is 2. The number of methoxy groups -OCH3 is 1. The van der Waals surface area contributed by atoms with Crippen LogP contribution in [0.25, 0.3) is 0 Å². The van der Waals surface area contributed by atoms with Gasteiger partial charge in [0.25, 0.3) is 5.91 Å². The van der Waals surface area contributed by atoms with Crippen molar-refractivity contribution in [3.8, 4) is 0 Å². The van der Waals surface area contributed by atoms with Gasteiger partial charge in [0.2, 0.25) is 5.91 Å². The molecular weight excluding hydrogens is 387 g/mol. The quantitative estimate of drug-likeness (QED) is 0.689. The van der Waals surface area contributed by atoms with E-state index >= 15 is 0 Å². The Morgan fingerprint density at radius 3 is 2.23 bits per heavy atom. The monoisotopic (exact) mass is 418 g/mol. The second kappa shape index (κ2) is 10.0. The molecule has 2 heterocycles. The van der Waals surface area contributed by atoms with Gasteiger partial charge in [0.05, 0.1) is 13.0 Å². The fraction of sp³-hybridized carbons (Fsp3) is 0.609. The molecule has 7 heteroatoms. The Bertz CT molecular complexity index is 759. The molecular formula is C23H31FN2O4. The van der Waals surface area contributed by atoms with Gasteiger partial charge in [-0.3, -0.25) is 14.4 Å². The standard InChI is InChI=1S/C23H31FN2O4/c1-3-16-15-26(22(28)17-4-6-20(24)7-5-17)13-10-19(16)14-21(27)25-11-8-18(9-12-25)23(29)30-2/h4-7,16,18-19H,3,8-15H2,1-2H3/t16-,19+/m1/s1. The van der Waals surface area contributed by atoms with Crippen LogP contribution in [0.5, 0.6) is 0 Å². The lowest BCUT2D eigenvalue weighted by molar-refractivity contribution is -0.149. The molecule has 2 aliphatic rings. The number of carbonyl (C=O) groups is 3. The van der Waals surface area contributed by atoms with Crippen LogP contribution in [0.1, 0.15) is 49.4 Å². The van der Waals surface area contributed by atoms with Crippen molar-refractivity contribution in [1.29, 1.82) is 0 Å². The van der Waals surface area contributed by atoms with Crippen LogP contribution in [0.3, 0.4) is 0 Å². The van der Waals surface area contributed by atoms with Gasteiger partial charge in [-0.05, 0) is 55.4 Å². The third-order valence-electron chi connectivity index (χ3n) is 6.61. The number of piperidine rings is 2. The summed E-state index contributed by atoms with van der Waals surface area (Å²) in [5, 5.41) is 0. The van der Waals surface area contributed by atoms with Crippen LogP contribution in [0.2, 0.25) is 0 Å². The third-order valence-corrected chi connectivity index (χ3v) is 6.61. The molecule has 6 nitrogen and oxygen atoms in total. The highest BCUT2D eigenvalue weighted by molar-refractivity contribution is 5.94. The summed E-state index contributed by atoms with van der Waals surface area (Å²) in [6.07, 6.45) is 3.48. The number of benzene rings is 1. The maximum Gasteiger partial charge on any atom is 0.308 e. The molecule has 2 fully saturated rings. The molecule has 0 saturated carbocycles. The van der Waals surface area contributed by atoms with Gasteiger partial charge in [-0.25, -0.2) is 4.39 Å². The molecule has 1 aromatic rings. The zero-order chi connectivity index (χ0) is 21.7. The first-order chi connectivity index (χ1) is 14.4. The molecule has 0 spiro atoms. The Balaban J connectivity index is 1.53. The Labute approximate surface area is 177 Å². The van der Waals surface area contributed by atoms with Gasteiger partial charge in [-0.1, -0.05) is 13.3 Å². The first kappa shape index (κ1) is 22.2. The summed E-state index contributed by atoms with van der Waals surface area (Å²) in [6, 6.07) is 5.65. The van der Waals surface area contributed by atoms with E-state index in [1.165, 1.54) is 31.4 Å². The lowest BCUT2D eigenvalue weighted by Gasteiger charge is -2.39. The van der Waals surface area contributed by atoms with E-state index < -0.39 is 0 Å². The van der Waals surface area contributed by atoms with E-state index in [1.54, 1.807) is 0 Å². The van der Waals surface area contributed by atoms with E-state index in [2.05, 4.69) is 6.92 Å². The SMILES string of the molecule is CC[C@@H]1CN(C(=O)c2ccc(F)cc2)CC[C@H]1CC(=O)N1CCC(C(=O)OC)CC1. The summed E-state index contributed by atoms with van der Waals surface area (Å²) in [5.41, 5.74) is 0.495. The lowest BCUT2D eigenvalue weighted by Crippen LogP contribution is -2.46. The molecule has 2 saturated heterocycles. The number of hydrogen-bond acceptors (Lipinski definition) is 4. The van der Waals surface area contributed by atoms with Crippen LogP contribution in [-0.4, -0.2) is 60.9 Å². The van der Waals surface area contributed by atoms with Gasteiger partial charge < -0.3 is 14.5 Å². The van der Waals surface area contributed by atoms with Crippen molar-refractivity contribution in [2.45, 2.75) is 39.0 Å². The minimum atomic E-state index is -0.356. The predicted molar refractivity (Wildman–Crippen MR) is 110 cm³/mol. The van der Waals surface area contributed by atoms with Crippen LogP contribution >= 0.6 is 0 Å². The van der Waals surface area contributed by atoms with Crippen molar-refractivity contribution >= 4 is 17.8 Å². The maximum absolute atomic E-state index is 13.1. The average Bonchev–Trinajstić information content (AvgIpc) is 2.78. The summed E-state index contributed by atoms with van der Waals surface area (Å²) in [7, 11) is 1.40. The smallest absolute Gasteiger partial charge is 0.308 e. The van der Waals surface area contributed by atoms with E-state index in [9.17, 15) is 18.8 Å². The fourth-order valence-electron chi connectivity index (χ4n) is 4.66. The summed E-state index contributed by atoms with van der Waals surface area (Å²) in [6.45, 7) is 4.51. The van der Waals surface area contributed by atoms with Crippen LogP contribution in [0, 0.1) is 23.6 Å². The largest absolute Gasteiger partial charge is 0.469 e. The van der Waals surface area contributed by atoms with Crippen molar-refractivity contribution in [2.75, 3.05) is 33.3 Å². The van der Waals surface area contributed by atoms with Gasteiger partial charge >= 0.3 is 5.97 Å². The molecule has 1 aromatic carbocycles. The molecule has 0 unspecified atom stereocenters. The Kier molecular flexibility index (Phi) is 7.45. The minimum Gasteiger partial charge on any atom is -0.469 e. The molecule has 0 aromatic heterocycles. The van der Waals surface area contributed by atoms with Crippen molar-refractivity contribution in [3.63, 3.8) is 0 Å². The van der Waals surface area contributed by atoms with Crippen molar-refractivity contribution < 1.29 is 23.5 Å². The van der Waals surface area contributed by atoms with Crippen molar-refractivity contribution in [3.05, 3.63) is 35.6 Å². The number of halogens is 1. The van der Waals surface area contributed by atoms with Gasteiger partial charge in [0.1, 0.15) is 5.82 Å². The van der Waals surface area contributed by atoms with Crippen LogP contribution in [0.15, 0.2) is 24.3 Å². The van der Waals surface area contributed by atoms with E-state index in [4.69, 9.17) is 4.74 Å². The molecule has 2 atom stereocenters. The molecule has 3 rings (SSSR count). The normalized spacial score (nSPS) is 22.6. The Morgan fingerprint density at radius 2 is 1.63 bits per heavy atom. The molecule has 0 aliphatic carbocycles. The third kappa shape index (κ3) is 5.18. The van der Waals surface area contributed by atoms with Crippen LogP contribution in [-0.2, 0) is 14.3 Å². The summed E-state index contributed by atoms with van der Waals surface area (Å²) in [4.78, 5) is 40.9. The van der Waals surface area contributed by atoms with E-state index in [1.807, 2.05) is 9.80 Å². The van der Waals surface area contributed by atoms with Gasteiger partial charge in [-0.15, -0.1) is 0 Å². The first-order valence-corrected chi connectivity index (χ1v) is 10.8. The van der Waals surface area contributed by atoms with Crippen molar-refractivity contribution in [1.82, 2.24) is 9.80 Å². The molecule has 164 valence electrons. The number of rotatable bonds is 5. The highest BCUT2D eigenvalue weighted by atomic mass is 19.1. The molecule has 30 heavy (non-hydrogen) atoms. The highest BCUT2D eigenvalue weighted by Crippen LogP contribution is 2.31. The number of ether oxygens (including phenoxy) is 1. The fourth-order valence-corrected chi connectivity index (χ4v) is 4.66. The van der Waals surface area contributed by atoms with Gasteiger partial charge in [-0.2, -0.15) is 0 Å². The zero-order valence-electron chi connectivity index (χ0n) is 17.8. The van der Waals surface area contributed by atoms with Gasteiger partial charge in [0.15, 0.2) is 0 Å². The second-order valence-corrected chi connectivity index (χ2v) is 8.36. The minimum absolute atomic E-state index is 0.0805. The van der Waals surface area contributed by atoms with Gasteiger partial charge in [0, 0.05) is 38.2 Å². The Hall–Kier alpha value is -2.44. The summed E-state index contributed by atoms with van der Waals surface area (Å²) in [5.74, 6) is -0.0821. The predicted octanol–water partition coefficient (Wildman–Crippen LogP) is 3.12. The van der Waals surface area contributed by atoms with Crippen molar-refractivity contribution in [2.24, 2.45) is 17.8 Å². The molecule has 0 bridgehead atoms. The molecule has 0 N–H and O–H groups in total. The maximum atomic E-state index is 13.1. The molecule has 2 amide bonds. The lowest BCUT2D eigenvalue weighted by atomic mass is 9.81. The van der Waals surface area contributed by atoms with E-state index in [0.29, 0.717) is 51.0 Å². The topological polar surface area (TPSA) is 66.9 Å².